The van der Waals surface area contributed by atoms with Gasteiger partial charge in [-0.2, -0.15) is 0 Å². The van der Waals surface area contributed by atoms with E-state index in [1.807, 2.05) is 6.20 Å². The summed E-state index contributed by atoms with van der Waals surface area (Å²) in [7, 11) is -3.20. The highest BCUT2D eigenvalue weighted by atomic mass is 32.2. The molecule has 4 nitrogen and oxygen atoms in total. The van der Waals surface area contributed by atoms with Crippen molar-refractivity contribution < 1.29 is 12.8 Å². The molecule has 1 aromatic heterocycles. The lowest BCUT2D eigenvalue weighted by molar-refractivity contribution is 0.569. The summed E-state index contributed by atoms with van der Waals surface area (Å²) in [6.45, 7) is 2.00. The Bertz CT molecular complexity index is 748. The second-order valence-electron chi connectivity index (χ2n) is 5.40. The summed E-state index contributed by atoms with van der Waals surface area (Å²) in [5.74, 6) is -0.200. The molecule has 1 heterocycles. The summed E-state index contributed by atoms with van der Waals surface area (Å²) < 4.78 is 39.2. The highest BCUT2D eigenvalue weighted by molar-refractivity contribution is 7.89. The zero-order valence-electron chi connectivity index (χ0n) is 11.2. The van der Waals surface area contributed by atoms with Gasteiger partial charge in [-0.3, -0.25) is 0 Å². The van der Waals surface area contributed by atoms with Crippen LogP contribution >= 0.6 is 0 Å². The van der Waals surface area contributed by atoms with Crippen molar-refractivity contribution in [3.05, 3.63) is 35.8 Å². The van der Waals surface area contributed by atoms with Crippen molar-refractivity contribution >= 4 is 20.9 Å². The van der Waals surface area contributed by atoms with Crippen LogP contribution in [-0.2, 0) is 15.4 Å². The fourth-order valence-electron chi connectivity index (χ4n) is 2.57. The first-order valence-electron chi connectivity index (χ1n) is 6.70. The number of hydrogen-bond donors (Lipinski definition) is 2. The monoisotopic (exact) mass is 296 g/mol. The summed E-state index contributed by atoms with van der Waals surface area (Å²) >= 11 is 0. The van der Waals surface area contributed by atoms with E-state index in [1.165, 1.54) is 12.1 Å². The Hall–Kier alpha value is -1.40. The molecule has 0 radical (unpaired) electrons. The van der Waals surface area contributed by atoms with Gasteiger partial charge >= 0.3 is 0 Å². The molecule has 2 N–H and O–H groups in total. The SMILES string of the molecule is CCS(=O)(=O)NCC1(c2c[nH]c3ccc(F)cc23)CC1. The highest BCUT2D eigenvalue weighted by Gasteiger charge is 2.46. The van der Waals surface area contributed by atoms with Crippen molar-refractivity contribution in [1.82, 2.24) is 9.71 Å². The number of fused-ring (bicyclic) bond motifs is 1. The summed E-state index contributed by atoms with van der Waals surface area (Å²) in [4.78, 5) is 3.13. The summed E-state index contributed by atoms with van der Waals surface area (Å²) in [6.07, 6.45) is 3.71. The second kappa shape index (κ2) is 4.56. The normalized spacial score (nSPS) is 17.5. The molecule has 6 heteroatoms. The molecule has 0 unspecified atom stereocenters. The molecular weight excluding hydrogens is 279 g/mol. The van der Waals surface area contributed by atoms with E-state index in [4.69, 9.17) is 0 Å². The number of halogens is 1. The lowest BCUT2D eigenvalue weighted by atomic mass is 9.96. The van der Waals surface area contributed by atoms with Crippen molar-refractivity contribution in [3.63, 3.8) is 0 Å². The Kier molecular flexibility index (Phi) is 3.10. The average Bonchev–Trinajstić information content (AvgIpc) is 3.10. The topological polar surface area (TPSA) is 62.0 Å². The molecule has 1 aromatic carbocycles. The molecule has 20 heavy (non-hydrogen) atoms. The zero-order chi connectivity index (χ0) is 14.4. The van der Waals surface area contributed by atoms with E-state index in [-0.39, 0.29) is 17.0 Å². The molecule has 0 saturated heterocycles. The molecule has 1 saturated carbocycles. The molecule has 0 amide bonds. The highest BCUT2D eigenvalue weighted by Crippen LogP contribution is 2.50. The third kappa shape index (κ3) is 2.33. The van der Waals surface area contributed by atoms with Crippen molar-refractivity contribution in [3.8, 4) is 0 Å². The standard InChI is InChI=1S/C14H17FN2O2S/c1-2-20(18,19)17-9-14(5-6-14)12-8-16-13-4-3-10(15)7-11(12)13/h3-4,7-8,16-17H,2,5-6,9H2,1H3. The number of H-pyrrole nitrogens is 1. The molecule has 1 fully saturated rings. The van der Waals surface area contributed by atoms with Gasteiger partial charge in [0.05, 0.1) is 5.75 Å². The van der Waals surface area contributed by atoms with Crippen LogP contribution in [0.3, 0.4) is 0 Å². The van der Waals surface area contributed by atoms with E-state index < -0.39 is 10.0 Å². The first-order chi connectivity index (χ1) is 9.46. The Morgan fingerprint density at radius 3 is 2.80 bits per heavy atom. The number of nitrogens with one attached hydrogen (secondary N) is 2. The van der Waals surface area contributed by atoms with E-state index in [0.29, 0.717) is 6.54 Å². The Morgan fingerprint density at radius 2 is 2.15 bits per heavy atom. The first kappa shape index (κ1) is 13.6. The fraction of sp³-hybridized carbons (Fsp3) is 0.429. The largest absolute Gasteiger partial charge is 0.361 e. The molecule has 0 spiro atoms. The third-order valence-corrected chi connectivity index (χ3v) is 5.42. The molecule has 1 aliphatic rings. The van der Waals surface area contributed by atoms with E-state index in [2.05, 4.69) is 9.71 Å². The number of aromatic nitrogens is 1. The van der Waals surface area contributed by atoms with Crippen molar-refractivity contribution in [2.45, 2.75) is 25.2 Å². The number of benzene rings is 1. The number of sulfonamides is 1. The molecule has 1 aliphatic carbocycles. The number of aromatic amines is 1. The average molecular weight is 296 g/mol. The van der Waals surface area contributed by atoms with Crippen LogP contribution in [0.25, 0.3) is 10.9 Å². The van der Waals surface area contributed by atoms with Gasteiger partial charge in [-0.05, 0) is 43.5 Å². The van der Waals surface area contributed by atoms with Crippen LogP contribution in [0.5, 0.6) is 0 Å². The van der Waals surface area contributed by atoms with Gasteiger partial charge in [0.1, 0.15) is 5.82 Å². The maximum atomic E-state index is 13.4. The third-order valence-electron chi connectivity index (χ3n) is 4.08. The van der Waals surface area contributed by atoms with E-state index in [1.54, 1.807) is 13.0 Å². The molecule has 2 aromatic rings. The van der Waals surface area contributed by atoms with Gasteiger partial charge in [0.15, 0.2) is 0 Å². The smallest absolute Gasteiger partial charge is 0.211 e. The minimum absolute atomic E-state index is 0.0750. The fourth-order valence-corrected chi connectivity index (χ4v) is 3.27. The van der Waals surface area contributed by atoms with Crippen molar-refractivity contribution in [1.29, 1.82) is 0 Å². The maximum Gasteiger partial charge on any atom is 0.211 e. The lowest BCUT2D eigenvalue weighted by Crippen LogP contribution is -2.33. The molecule has 0 aliphatic heterocycles. The van der Waals surface area contributed by atoms with Crippen LogP contribution in [0, 0.1) is 5.82 Å². The maximum absolute atomic E-state index is 13.4. The second-order valence-corrected chi connectivity index (χ2v) is 7.49. The van der Waals surface area contributed by atoms with E-state index in [0.717, 1.165) is 29.3 Å². The van der Waals surface area contributed by atoms with Crippen molar-refractivity contribution in [2.24, 2.45) is 0 Å². The van der Waals surface area contributed by atoms with Gasteiger partial charge in [-0.25, -0.2) is 17.5 Å². The number of hydrogen-bond acceptors (Lipinski definition) is 2. The van der Waals surface area contributed by atoms with Crippen LogP contribution in [0.15, 0.2) is 24.4 Å². The zero-order valence-corrected chi connectivity index (χ0v) is 12.1. The predicted molar refractivity (Wildman–Crippen MR) is 76.6 cm³/mol. The van der Waals surface area contributed by atoms with Gasteiger partial charge < -0.3 is 4.98 Å². The van der Waals surface area contributed by atoms with Gasteiger partial charge in [0.25, 0.3) is 0 Å². The number of rotatable bonds is 5. The van der Waals surface area contributed by atoms with Gasteiger partial charge in [-0.1, -0.05) is 0 Å². The Balaban J connectivity index is 1.92. The summed E-state index contributed by atoms with van der Waals surface area (Å²) in [5, 5.41) is 0.846. The van der Waals surface area contributed by atoms with Crippen molar-refractivity contribution in [2.75, 3.05) is 12.3 Å². The quantitative estimate of drug-likeness (QED) is 0.889. The summed E-state index contributed by atoms with van der Waals surface area (Å²) in [5.41, 5.74) is 1.70. The molecule has 0 atom stereocenters. The molecule has 108 valence electrons. The van der Waals surface area contributed by atoms with E-state index >= 15 is 0 Å². The molecular formula is C14H17FN2O2S. The van der Waals surface area contributed by atoms with Crippen LogP contribution in [0.4, 0.5) is 4.39 Å². The van der Waals surface area contributed by atoms with Gasteiger partial charge in [-0.15, -0.1) is 0 Å². The molecule has 0 bridgehead atoms. The minimum atomic E-state index is -3.20. The van der Waals surface area contributed by atoms with Gasteiger partial charge in [0.2, 0.25) is 10.0 Å². The van der Waals surface area contributed by atoms with Crippen LogP contribution in [0.1, 0.15) is 25.3 Å². The lowest BCUT2D eigenvalue weighted by Gasteiger charge is -2.15. The van der Waals surface area contributed by atoms with E-state index in [9.17, 15) is 12.8 Å². The Labute approximate surface area is 117 Å². The minimum Gasteiger partial charge on any atom is -0.361 e. The Morgan fingerprint density at radius 1 is 1.40 bits per heavy atom. The van der Waals surface area contributed by atoms with Crippen LogP contribution in [-0.4, -0.2) is 25.7 Å². The predicted octanol–water partition coefficient (Wildman–Crippen LogP) is 2.28. The van der Waals surface area contributed by atoms with Crippen LogP contribution < -0.4 is 4.72 Å². The van der Waals surface area contributed by atoms with Crippen LogP contribution in [0.2, 0.25) is 0 Å². The first-order valence-corrected chi connectivity index (χ1v) is 8.35. The molecule has 3 rings (SSSR count). The summed E-state index contributed by atoms with van der Waals surface area (Å²) in [6, 6.07) is 4.64. The van der Waals surface area contributed by atoms with Gasteiger partial charge in [0, 0.05) is 29.1 Å².